The van der Waals surface area contributed by atoms with E-state index >= 15 is 0 Å². The molecule has 0 aliphatic carbocycles. The Morgan fingerprint density at radius 3 is 2.59 bits per heavy atom. The van der Waals surface area contributed by atoms with Gasteiger partial charge in [-0.25, -0.2) is 4.39 Å². The molecule has 1 amide bonds. The average molecular weight is 249 g/mol. The Morgan fingerprint density at radius 2 is 2.00 bits per heavy atom. The van der Waals surface area contributed by atoms with Gasteiger partial charge in [-0.05, 0) is 24.1 Å². The molecule has 0 spiro atoms. The number of carbonyl (C=O) groups excluding carboxylic acids is 1. The largest absolute Gasteiger partial charge is 0.405 e. The maximum atomic E-state index is 12.7. The van der Waals surface area contributed by atoms with E-state index in [-0.39, 0.29) is 12.8 Å². The van der Waals surface area contributed by atoms with Crippen LogP contribution in [0.2, 0.25) is 0 Å². The van der Waals surface area contributed by atoms with Crippen LogP contribution < -0.4 is 5.32 Å². The zero-order chi connectivity index (χ0) is 12.9. The molecule has 0 saturated carbocycles. The van der Waals surface area contributed by atoms with Crippen molar-refractivity contribution in [3.05, 3.63) is 35.6 Å². The molecular weight excluding hydrogens is 238 g/mol. The van der Waals surface area contributed by atoms with Crippen molar-refractivity contribution < 1.29 is 22.4 Å². The Morgan fingerprint density at radius 1 is 1.29 bits per heavy atom. The first-order chi connectivity index (χ1) is 7.87. The van der Waals surface area contributed by atoms with Crippen LogP contribution in [-0.4, -0.2) is 18.6 Å². The van der Waals surface area contributed by atoms with Crippen molar-refractivity contribution in [1.82, 2.24) is 5.32 Å². The molecule has 17 heavy (non-hydrogen) atoms. The number of benzene rings is 1. The van der Waals surface area contributed by atoms with Crippen LogP contribution in [0.4, 0.5) is 17.6 Å². The first-order valence-electron chi connectivity index (χ1n) is 4.95. The number of alkyl halides is 3. The van der Waals surface area contributed by atoms with E-state index in [0.717, 1.165) is 0 Å². The predicted molar refractivity (Wildman–Crippen MR) is 53.8 cm³/mol. The summed E-state index contributed by atoms with van der Waals surface area (Å²) in [4.78, 5) is 11.0. The third-order valence-corrected chi connectivity index (χ3v) is 2.02. The van der Waals surface area contributed by atoms with Crippen LogP contribution in [0.15, 0.2) is 24.3 Å². The molecule has 0 aliphatic heterocycles. The molecule has 0 radical (unpaired) electrons. The maximum Gasteiger partial charge on any atom is 0.405 e. The summed E-state index contributed by atoms with van der Waals surface area (Å²) < 4.78 is 48.1. The SMILES string of the molecule is O=C(CCc1cccc(F)c1)NCC(F)(F)F. The summed E-state index contributed by atoms with van der Waals surface area (Å²) in [7, 11) is 0. The van der Waals surface area contributed by atoms with E-state index < -0.39 is 24.4 Å². The van der Waals surface area contributed by atoms with Crippen LogP contribution >= 0.6 is 0 Å². The standard InChI is InChI=1S/C11H11F4NO/c12-9-3-1-2-8(6-9)4-5-10(17)16-7-11(13,14)15/h1-3,6H,4-5,7H2,(H,16,17). The molecule has 0 aromatic heterocycles. The molecule has 94 valence electrons. The molecular formula is C11H11F4NO. The fraction of sp³-hybridized carbons (Fsp3) is 0.364. The number of carbonyl (C=O) groups is 1. The fourth-order valence-electron chi connectivity index (χ4n) is 1.24. The average Bonchev–Trinajstić information content (AvgIpc) is 2.23. The van der Waals surface area contributed by atoms with Gasteiger partial charge in [-0.3, -0.25) is 4.79 Å². The second-order valence-electron chi connectivity index (χ2n) is 3.52. The van der Waals surface area contributed by atoms with Gasteiger partial charge in [0.1, 0.15) is 12.4 Å². The zero-order valence-electron chi connectivity index (χ0n) is 8.85. The lowest BCUT2D eigenvalue weighted by Crippen LogP contribution is -2.33. The molecule has 1 N–H and O–H groups in total. The topological polar surface area (TPSA) is 29.1 Å². The fourth-order valence-corrected chi connectivity index (χ4v) is 1.24. The summed E-state index contributed by atoms with van der Waals surface area (Å²) in [5.74, 6) is -1.13. The first-order valence-corrected chi connectivity index (χ1v) is 4.95. The van der Waals surface area contributed by atoms with Crippen molar-refractivity contribution in [2.45, 2.75) is 19.0 Å². The van der Waals surface area contributed by atoms with Crippen LogP contribution in [0.25, 0.3) is 0 Å². The summed E-state index contributed by atoms with van der Waals surface area (Å²) >= 11 is 0. The highest BCUT2D eigenvalue weighted by atomic mass is 19.4. The number of amides is 1. The van der Waals surface area contributed by atoms with Crippen molar-refractivity contribution in [1.29, 1.82) is 0 Å². The summed E-state index contributed by atoms with van der Waals surface area (Å²) in [5.41, 5.74) is 0.576. The van der Waals surface area contributed by atoms with Gasteiger partial charge in [0, 0.05) is 6.42 Å². The molecule has 1 aromatic rings. The molecule has 0 heterocycles. The minimum absolute atomic E-state index is 0.0977. The summed E-state index contributed by atoms with van der Waals surface area (Å²) in [5, 5.41) is 1.75. The van der Waals surface area contributed by atoms with Gasteiger partial charge in [-0.1, -0.05) is 12.1 Å². The van der Waals surface area contributed by atoms with E-state index in [9.17, 15) is 22.4 Å². The van der Waals surface area contributed by atoms with E-state index in [0.29, 0.717) is 5.56 Å². The molecule has 1 aromatic carbocycles. The molecule has 2 nitrogen and oxygen atoms in total. The van der Waals surface area contributed by atoms with Gasteiger partial charge in [-0.2, -0.15) is 13.2 Å². The van der Waals surface area contributed by atoms with Crippen LogP contribution in [0.5, 0.6) is 0 Å². The molecule has 1 rings (SSSR count). The highest BCUT2D eigenvalue weighted by Crippen LogP contribution is 2.12. The third-order valence-electron chi connectivity index (χ3n) is 2.02. The van der Waals surface area contributed by atoms with Crippen molar-refractivity contribution >= 4 is 5.91 Å². The lowest BCUT2D eigenvalue weighted by Gasteiger charge is -2.08. The zero-order valence-corrected chi connectivity index (χ0v) is 8.85. The monoisotopic (exact) mass is 249 g/mol. The highest BCUT2D eigenvalue weighted by molar-refractivity contribution is 5.76. The van der Waals surface area contributed by atoms with E-state index in [4.69, 9.17) is 0 Å². The number of hydrogen-bond donors (Lipinski definition) is 1. The second-order valence-corrected chi connectivity index (χ2v) is 3.52. The smallest absolute Gasteiger partial charge is 0.347 e. The summed E-state index contributed by atoms with van der Waals surface area (Å²) in [6.07, 6.45) is -4.30. The second kappa shape index (κ2) is 5.65. The van der Waals surface area contributed by atoms with E-state index in [1.807, 2.05) is 0 Å². The Bertz CT molecular complexity index is 389. The number of nitrogens with one attached hydrogen (secondary N) is 1. The van der Waals surface area contributed by atoms with Crippen LogP contribution in [-0.2, 0) is 11.2 Å². The Kier molecular flexibility index (Phi) is 4.48. The van der Waals surface area contributed by atoms with Gasteiger partial charge in [0.05, 0.1) is 0 Å². The lowest BCUT2D eigenvalue weighted by molar-refractivity contribution is -0.138. The van der Waals surface area contributed by atoms with Gasteiger partial charge >= 0.3 is 6.18 Å². The lowest BCUT2D eigenvalue weighted by atomic mass is 10.1. The normalized spacial score (nSPS) is 11.3. The number of halogens is 4. The van der Waals surface area contributed by atoms with Crippen LogP contribution in [0, 0.1) is 5.82 Å². The Hall–Kier alpha value is -1.59. The Labute approximate surface area is 95.6 Å². The van der Waals surface area contributed by atoms with Crippen molar-refractivity contribution in [2.75, 3.05) is 6.54 Å². The summed E-state index contributed by atoms with van der Waals surface area (Å²) in [6.45, 7) is -1.34. The van der Waals surface area contributed by atoms with Crippen molar-refractivity contribution in [2.24, 2.45) is 0 Å². The van der Waals surface area contributed by atoms with Gasteiger partial charge in [0.15, 0.2) is 0 Å². The third kappa shape index (κ3) is 5.89. The van der Waals surface area contributed by atoms with Crippen LogP contribution in [0.3, 0.4) is 0 Å². The number of rotatable bonds is 4. The molecule has 0 fully saturated rings. The van der Waals surface area contributed by atoms with Crippen molar-refractivity contribution in [3.63, 3.8) is 0 Å². The van der Waals surface area contributed by atoms with Crippen LogP contribution in [0.1, 0.15) is 12.0 Å². The minimum atomic E-state index is -4.41. The molecule has 0 bridgehead atoms. The van der Waals surface area contributed by atoms with Gasteiger partial charge in [-0.15, -0.1) is 0 Å². The van der Waals surface area contributed by atoms with Gasteiger partial charge < -0.3 is 5.32 Å². The molecule has 0 aliphatic rings. The predicted octanol–water partition coefficient (Wildman–Crippen LogP) is 2.44. The van der Waals surface area contributed by atoms with Gasteiger partial charge in [0.25, 0.3) is 0 Å². The van der Waals surface area contributed by atoms with E-state index in [1.54, 1.807) is 11.4 Å². The maximum absolute atomic E-state index is 12.7. The molecule has 6 heteroatoms. The first kappa shape index (κ1) is 13.5. The number of hydrogen-bond acceptors (Lipinski definition) is 1. The summed E-state index contributed by atoms with van der Waals surface area (Å²) in [6, 6.07) is 5.60. The van der Waals surface area contributed by atoms with E-state index in [1.165, 1.54) is 18.2 Å². The van der Waals surface area contributed by atoms with Gasteiger partial charge in [0.2, 0.25) is 5.91 Å². The Balaban J connectivity index is 2.33. The molecule has 0 atom stereocenters. The number of aryl methyl sites for hydroxylation is 1. The minimum Gasteiger partial charge on any atom is -0.347 e. The quantitative estimate of drug-likeness (QED) is 0.816. The molecule has 0 unspecified atom stereocenters. The van der Waals surface area contributed by atoms with E-state index in [2.05, 4.69) is 0 Å². The molecule has 0 saturated heterocycles. The highest BCUT2D eigenvalue weighted by Gasteiger charge is 2.27. The van der Waals surface area contributed by atoms with Crippen molar-refractivity contribution in [3.8, 4) is 0 Å².